The minimum atomic E-state index is -1.17. The second kappa shape index (κ2) is 5.92. The van der Waals surface area contributed by atoms with Crippen LogP contribution in [0.2, 0.25) is 0 Å². The van der Waals surface area contributed by atoms with E-state index in [2.05, 4.69) is 22.6 Å². The van der Waals surface area contributed by atoms with E-state index in [4.69, 9.17) is 4.74 Å². The van der Waals surface area contributed by atoms with Gasteiger partial charge in [-0.25, -0.2) is 4.79 Å². The van der Waals surface area contributed by atoms with Gasteiger partial charge >= 0.3 is 5.97 Å². The van der Waals surface area contributed by atoms with Gasteiger partial charge in [0.05, 0.1) is 26.0 Å². The molecule has 1 aliphatic heterocycles. The van der Waals surface area contributed by atoms with Crippen molar-refractivity contribution in [1.29, 1.82) is 0 Å². The van der Waals surface area contributed by atoms with Crippen LogP contribution >= 0.6 is 0 Å². The van der Waals surface area contributed by atoms with E-state index >= 15 is 0 Å². The van der Waals surface area contributed by atoms with E-state index in [1.807, 2.05) is 0 Å². The van der Waals surface area contributed by atoms with Gasteiger partial charge in [0.25, 0.3) is 5.91 Å². The van der Waals surface area contributed by atoms with Gasteiger partial charge in [-0.3, -0.25) is 9.48 Å². The van der Waals surface area contributed by atoms with Gasteiger partial charge in [-0.15, -0.1) is 5.10 Å². The molecule has 126 valence electrons. The second-order valence-corrected chi connectivity index (χ2v) is 7.01. The Hall–Kier alpha value is -1.96. The molecule has 1 aliphatic carbocycles. The number of ether oxygens (including phenoxy) is 1. The number of carbonyl (C=O) groups is 2. The third kappa shape index (κ3) is 3.21. The summed E-state index contributed by atoms with van der Waals surface area (Å²) in [6, 6.07) is 0. The molecule has 0 radical (unpaired) electrons. The Morgan fingerprint density at radius 2 is 2.04 bits per heavy atom. The summed E-state index contributed by atoms with van der Waals surface area (Å²) >= 11 is 0. The molecule has 3 rings (SSSR count). The molecule has 2 heterocycles. The molecule has 2 fully saturated rings. The summed E-state index contributed by atoms with van der Waals surface area (Å²) in [4.78, 5) is 24.0. The van der Waals surface area contributed by atoms with Gasteiger partial charge in [0.2, 0.25) is 0 Å². The van der Waals surface area contributed by atoms with E-state index in [9.17, 15) is 14.7 Å². The van der Waals surface area contributed by atoms with E-state index in [-0.39, 0.29) is 11.1 Å². The standard InChI is InChI=1S/C15H22N4O4/c1-14(9-23-10-14)8-19-7-11(17-18-19)12(20)16-15(13(21)22)5-3-2-4-6-15/h7H,2-6,8-10H2,1H3,(H,16,20)(H,21,22). The third-order valence-corrected chi connectivity index (χ3v) is 4.69. The first-order valence-electron chi connectivity index (χ1n) is 7.96. The van der Waals surface area contributed by atoms with Gasteiger partial charge in [0, 0.05) is 5.41 Å². The van der Waals surface area contributed by atoms with Crippen LogP contribution in [0.25, 0.3) is 0 Å². The average Bonchev–Trinajstić information content (AvgIpc) is 2.95. The van der Waals surface area contributed by atoms with Crippen molar-refractivity contribution >= 4 is 11.9 Å². The fourth-order valence-corrected chi connectivity index (χ4v) is 3.24. The largest absolute Gasteiger partial charge is 0.480 e. The molecule has 0 unspecified atom stereocenters. The summed E-state index contributed by atoms with van der Waals surface area (Å²) in [5.74, 6) is -1.45. The molecular formula is C15H22N4O4. The van der Waals surface area contributed by atoms with Crippen LogP contribution in [0.1, 0.15) is 49.5 Å². The highest BCUT2D eigenvalue weighted by Crippen LogP contribution is 2.29. The van der Waals surface area contributed by atoms with Crippen LogP contribution in [-0.4, -0.2) is 50.7 Å². The van der Waals surface area contributed by atoms with Gasteiger partial charge in [0.1, 0.15) is 5.54 Å². The highest BCUT2D eigenvalue weighted by Gasteiger charge is 2.41. The average molecular weight is 322 g/mol. The number of carboxylic acids is 1. The molecule has 1 aromatic rings. The molecule has 0 aromatic carbocycles. The number of hydrogen-bond acceptors (Lipinski definition) is 5. The fourth-order valence-electron chi connectivity index (χ4n) is 3.24. The monoisotopic (exact) mass is 322 g/mol. The number of rotatable bonds is 5. The Morgan fingerprint density at radius 3 is 2.61 bits per heavy atom. The van der Waals surface area contributed by atoms with Crippen molar-refractivity contribution in [3.63, 3.8) is 0 Å². The normalized spacial score (nSPS) is 22.1. The van der Waals surface area contributed by atoms with Gasteiger partial charge in [-0.1, -0.05) is 31.4 Å². The van der Waals surface area contributed by atoms with Gasteiger partial charge in [-0.2, -0.15) is 0 Å². The smallest absolute Gasteiger partial charge is 0.329 e. The maximum absolute atomic E-state index is 12.4. The van der Waals surface area contributed by atoms with Crippen molar-refractivity contribution in [3.05, 3.63) is 11.9 Å². The SMILES string of the molecule is CC1(Cn2cc(C(=O)NC3(C(=O)O)CCCCC3)nn2)COC1. The Labute approximate surface area is 134 Å². The van der Waals surface area contributed by atoms with Gasteiger partial charge in [0.15, 0.2) is 5.69 Å². The van der Waals surface area contributed by atoms with Crippen molar-refractivity contribution < 1.29 is 19.4 Å². The van der Waals surface area contributed by atoms with Crippen LogP contribution in [-0.2, 0) is 16.1 Å². The number of carboxylic acid groups (broad SMARTS) is 1. The van der Waals surface area contributed by atoms with E-state index in [0.29, 0.717) is 32.6 Å². The Balaban J connectivity index is 1.67. The zero-order valence-corrected chi connectivity index (χ0v) is 13.2. The Kier molecular flexibility index (Phi) is 4.09. The van der Waals surface area contributed by atoms with E-state index in [0.717, 1.165) is 19.3 Å². The lowest BCUT2D eigenvalue weighted by molar-refractivity contribution is -0.145. The zero-order valence-electron chi connectivity index (χ0n) is 13.2. The van der Waals surface area contributed by atoms with Crippen molar-refractivity contribution in [3.8, 4) is 0 Å². The zero-order chi connectivity index (χ0) is 16.5. The van der Waals surface area contributed by atoms with Crippen molar-refractivity contribution in [2.75, 3.05) is 13.2 Å². The Bertz CT molecular complexity index is 602. The maximum Gasteiger partial charge on any atom is 0.329 e. The molecule has 1 amide bonds. The van der Waals surface area contributed by atoms with Gasteiger partial charge < -0.3 is 15.2 Å². The first kappa shape index (κ1) is 15.9. The number of aromatic nitrogens is 3. The summed E-state index contributed by atoms with van der Waals surface area (Å²) in [5.41, 5.74) is -1.000. The molecule has 0 bridgehead atoms. The molecule has 1 saturated carbocycles. The highest BCUT2D eigenvalue weighted by atomic mass is 16.5. The maximum atomic E-state index is 12.4. The summed E-state index contributed by atoms with van der Waals surface area (Å²) in [7, 11) is 0. The number of nitrogens with zero attached hydrogens (tertiary/aromatic N) is 3. The van der Waals surface area contributed by atoms with Crippen LogP contribution in [0.4, 0.5) is 0 Å². The van der Waals surface area contributed by atoms with E-state index in [1.165, 1.54) is 0 Å². The molecule has 0 spiro atoms. The summed E-state index contributed by atoms with van der Waals surface area (Å²) in [5, 5.41) is 20.0. The van der Waals surface area contributed by atoms with Crippen LogP contribution in [0.5, 0.6) is 0 Å². The quantitative estimate of drug-likeness (QED) is 0.832. The van der Waals surface area contributed by atoms with Crippen LogP contribution in [0, 0.1) is 5.41 Å². The van der Waals surface area contributed by atoms with Crippen LogP contribution in [0.15, 0.2) is 6.20 Å². The predicted molar refractivity (Wildman–Crippen MR) is 79.9 cm³/mol. The fraction of sp³-hybridized carbons (Fsp3) is 0.733. The van der Waals surface area contributed by atoms with E-state index < -0.39 is 17.4 Å². The van der Waals surface area contributed by atoms with Gasteiger partial charge in [-0.05, 0) is 12.8 Å². The predicted octanol–water partition coefficient (Wildman–Crippen LogP) is 0.832. The van der Waals surface area contributed by atoms with E-state index in [1.54, 1.807) is 10.9 Å². The molecule has 1 aromatic heterocycles. The first-order chi connectivity index (χ1) is 10.9. The lowest BCUT2D eigenvalue weighted by Crippen LogP contribution is -2.55. The van der Waals surface area contributed by atoms with Crippen molar-refractivity contribution in [2.24, 2.45) is 5.41 Å². The molecule has 0 atom stereocenters. The lowest BCUT2D eigenvalue weighted by Gasteiger charge is -2.37. The molecular weight excluding hydrogens is 300 g/mol. The second-order valence-electron chi connectivity index (χ2n) is 7.01. The number of aliphatic carboxylic acids is 1. The van der Waals surface area contributed by atoms with Crippen molar-refractivity contribution in [1.82, 2.24) is 20.3 Å². The van der Waals surface area contributed by atoms with Crippen molar-refractivity contribution in [2.45, 2.75) is 51.1 Å². The topological polar surface area (TPSA) is 106 Å². The molecule has 23 heavy (non-hydrogen) atoms. The summed E-state index contributed by atoms with van der Waals surface area (Å²) in [6.07, 6.45) is 5.09. The minimum Gasteiger partial charge on any atom is -0.480 e. The molecule has 2 aliphatic rings. The van der Waals surface area contributed by atoms with Crippen LogP contribution in [0.3, 0.4) is 0 Å². The number of amides is 1. The summed E-state index contributed by atoms with van der Waals surface area (Å²) < 4.78 is 6.82. The van der Waals surface area contributed by atoms with Crippen LogP contribution < -0.4 is 5.32 Å². The molecule has 8 nitrogen and oxygen atoms in total. The molecule has 2 N–H and O–H groups in total. The highest BCUT2D eigenvalue weighted by molar-refractivity contribution is 5.96. The minimum absolute atomic E-state index is 0.0209. The number of hydrogen-bond donors (Lipinski definition) is 2. The molecule has 1 saturated heterocycles. The lowest BCUT2D eigenvalue weighted by atomic mass is 9.81. The number of carbonyl (C=O) groups excluding carboxylic acids is 1. The third-order valence-electron chi connectivity index (χ3n) is 4.69. The first-order valence-corrected chi connectivity index (χ1v) is 7.96. The Morgan fingerprint density at radius 1 is 1.35 bits per heavy atom. The summed E-state index contributed by atoms with van der Waals surface area (Å²) in [6.45, 7) is 4.03. The molecule has 8 heteroatoms. The number of nitrogens with one attached hydrogen (secondary N) is 1.